The van der Waals surface area contributed by atoms with Crippen LogP contribution >= 0.6 is 0 Å². The number of hydrogen-bond donors (Lipinski definition) is 1. The summed E-state index contributed by atoms with van der Waals surface area (Å²) in [5.74, 6) is 0.610. The Morgan fingerprint density at radius 3 is 2.85 bits per heavy atom. The van der Waals surface area contributed by atoms with Crippen molar-refractivity contribution in [2.24, 2.45) is 0 Å². The molecule has 4 rings (SSSR count). The summed E-state index contributed by atoms with van der Waals surface area (Å²) in [5.41, 5.74) is 3.14. The highest BCUT2D eigenvalue weighted by Crippen LogP contribution is 2.31. The van der Waals surface area contributed by atoms with Gasteiger partial charge in [0.15, 0.2) is 0 Å². The van der Waals surface area contributed by atoms with Crippen LogP contribution in [0.25, 0.3) is 22.4 Å². The fraction of sp³-hybridized carbons (Fsp3) is 0.429. The third-order valence-electron chi connectivity index (χ3n) is 4.15. The maximum absolute atomic E-state index is 4.54. The molecular formula is C14H16N6. The average Bonchev–Trinajstić information content (AvgIpc) is 3.17. The third kappa shape index (κ3) is 1.88. The van der Waals surface area contributed by atoms with E-state index < -0.39 is 0 Å². The van der Waals surface area contributed by atoms with Crippen molar-refractivity contribution >= 4 is 11.0 Å². The van der Waals surface area contributed by atoms with Gasteiger partial charge in [-0.3, -0.25) is 0 Å². The summed E-state index contributed by atoms with van der Waals surface area (Å²) < 4.78 is 2.33. The zero-order valence-electron chi connectivity index (χ0n) is 11.2. The molecule has 0 saturated heterocycles. The smallest absolute Gasteiger partial charge is 0.204 e. The largest absolute Gasteiger partial charge is 0.327 e. The van der Waals surface area contributed by atoms with Gasteiger partial charge in [-0.15, -0.1) is 10.2 Å². The number of aromatic nitrogens is 6. The average molecular weight is 268 g/mol. The molecule has 3 aromatic rings. The topological polar surface area (TPSA) is 72.3 Å². The van der Waals surface area contributed by atoms with Crippen LogP contribution < -0.4 is 0 Å². The summed E-state index contributed by atoms with van der Waals surface area (Å²) >= 11 is 0. The Morgan fingerprint density at radius 2 is 2.05 bits per heavy atom. The molecule has 20 heavy (non-hydrogen) atoms. The molecule has 1 aliphatic rings. The summed E-state index contributed by atoms with van der Waals surface area (Å²) in [6, 6.07) is 6.78. The third-order valence-corrected chi connectivity index (χ3v) is 4.15. The molecule has 1 N–H and O–H groups in total. The number of fused-ring (bicyclic) bond motifs is 1. The predicted octanol–water partition coefficient (Wildman–Crippen LogP) is 2.72. The highest BCUT2D eigenvalue weighted by molar-refractivity contribution is 5.80. The Kier molecular flexibility index (Phi) is 2.72. The lowest BCUT2D eigenvalue weighted by Crippen LogP contribution is -2.11. The van der Waals surface area contributed by atoms with Gasteiger partial charge in [-0.25, -0.2) is 4.98 Å². The Bertz CT molecular complexity index is 708. The summed E-state index contributed by atoms with van der Waals surface area (Å²) in [4.78, 5) is 4.54. The van der Waals surface area contributed by atoms with Gasteiger partial charge in [-0.05, 0) is 36.3 Å². The van der Waals surface area contributed by atoms with E-state index in [1.165, 1.54) is 37.6 Å². The lowest BCUT2D eigenvalue weighted by molar-refractivity contribution is 0.359. The Morgan fingerprint density at radius 1 is 1.15 bits per heavy atom. The number of nitrogens with zero attached hydrogens (tertiary/aromatic N) is 5. The second kappa shape index (κ2) is 4.70. The summed E-state index contributed by atoms with van der Waals surface area (Å²) in [6.45, 7) is 0. The standard InChI is InChI=1S/C14H16N6/c1-2-4-11(5-3-1)20-9-15-12-8-10(6-7-13(12)20)14-16-18-19-17-14/h6-9,11H,1-5H2,(H,16,17,18,19). The number of benzene rings is 1. The van der Waals surface area contributed by atoms with E-state index in [4.69, 9.17) is 0 Å². The normalized spacial score (nSPS) is 16.8. The second-order valence-corrected chi connectivity index (χ2v) is 5.38. The highest BCUT2D eigenvalue weighted by Gasteiger charge is 2.17. The van der Waals surface area contributed by atoms with Gasteiger partial charge in [0.2, 0.25) is 5.82 Å². The van der Waals surface area contributed by atoms with Crippen molar-refractivity contribution in [1.29, 1.82) is 0 Å². The first kappa shape index (κ1) is 11.6. The molecule has 1 fully saturated rings. The van der Waals surface area contributed by atoms with E-state index in [9.17, 15) is 0 Å². The van der Waals surface area contributed by atoms with Gasteiger partial charge in [0.25, 0.3) is 0 Å². The first-order valence-corrected chi connectivity index (χ1v) is 7.12. The fourth-order valence-corrected chi connectivity index (χ4v) is 3.11. The van der Waals surface area contributed by atoms with Crippen LogP contribution in [0.3, 0.4) is 0 Å². The molecule has 6 heteroatoms. The summed E-state index contributed by atoms with van der Waals surface area (Å²) in [5, 5.41) is 14.1. The Hall–Kier alpha value is -2.24. The minimum absolute atomic E-state index is 0.602. The first-order valence-electron chi connectivity index (χ1n) is 7.12. The van der Waals surface area contributed by atoms with Crippen LogP contribution in [-0.4, -0.2) is 30.2 Å². The fourth-order valence-electron chi connectivity index (χ4n) is 3.11. The van der Waals surface area contributed by atoms with E-state index >= 15 is 0 Å². The van der Waals surface area contributed by atoms with Crippen molar-refractivity contribution in [1.82, 2.24) is 30.2 Å². The van der Waals surface area contributed by atoms with Gasteiger partial charge >= 0.3 is 0 Å². The molecule has 1 aromatic carbocycles. The molecule has 2 heterocycles. The predicted molar refractivity (Wildman–Crippen MR) is 75.0 cm³/mol. The molecule has 0 bridgehead atoms. The van der Waals surface area contributed by atoms with E-state index in [2.05, 4.69) is 36.2 Å². The Balaban J connectivity index is 1.74. The first-order chi connectivity index (χ1) is 9.92. The Labute approximate surface area is 116 Å². The van der Waals surface area contributed by atoms with Crippen LogP contribution in [0, 0.1) is 0 Å². The molecule has 6 nitrogen and oxygen atoms in total. The number of tetrazole rings is 1. The quantitative estimate of drug-likeness (QED) is 0.775. The minimum atomic E-state index is 0.602. The molecular weight excluding hydrogens is 252 g/mol. The second-order valence-electron chi connectivity index (χ2n) is 5.38. The lowest BCUT2D eigenvalue weighted by atomic mass is 9.95. The molecule has 0 amide bonds. The molecule has 0 atom stereocenters. The maximum atomic E-state index is 4.54. The van der Waals surface area contributed by atoms with Crippen molar-refractivity contribution < 1.29 is 0 Å². The van der Waals surface area contributed by atoms with Gasteiger partial charge in [-0.1, -0.05) is 19.3 Å². The van der Waals surface area contributed by atoms with Gasteiger partial charge < -0.3 is 4.57 Å². The number of imidazole rings is 1. The lowest BCUT2D eigenvalue weighted by Gasteiger charge is -2.23. The number of rotatable bonds is 2. The number of H-pyrrole nitrogens is 1. The van der Waals surface area contributed by atoms with Gasteiger partial charge in [0.1, 0.15) is 0 Å². The van der Waals surface area contributed by atoms with E-state index in [0.29, 0.717) is 11.9 Å². The van der Waals surface area contributed by atoms with Crippen molar-refractivity contribution in [3.05, 3.63) is 24.5 Å². The molecule has 0 aliphatic heterocycles. The zero-order chi connectivity index (χ0) is 13.4. The molecule has 1 aliphatic carbocycles. The molecule has 2 aromatic heterocycles. The van der Waals surface area contributed by atoms with Crippen LogP contribution in [-0.2, 0) is 0 Å². The highest BCUT2D eigenvalue weighted by atomic mass is 15.5. The van der Waals surface area contributed by atoms with Crippen LogP contribution in [0.4, 0.5) is 0 Å². The van der Waals surface area contributed by atoms with Crippen molar-refractivity contribution in [3.8, 4) is 11.4 Å². The van der Waals surface area contributed by atoms with Gasteiger partial charge in [0, 0.05) is 11.6 Å². The molecule has 0 radical (unpaired) electrons. The van der Waals surface area contributed by atoms with Crippen LogP contribution in [0.1, 0.15) is 38.1 Å². The van der Waals surface area contributed by atoms with E-state index in [1.54, 1.807) is 0 Å². The van der Waals surface area contributed by atoms with Crippen molar-refractivity contribution in [2.45, 2.75) is 38.1 Å². The van der Waals surface area contributed by atoms with E-state index in [-0.39, 0.29) is 0 Å². The molecule has 0 unspecified atom stereocenters. The molecule has 0 spiro atoms. The number of aromatic amines is 1. The van der Waals surface area contributed by atoms with Crippen LogP contribution in [0.5, 0.6) is 0 Å². The van der Waals surface area contributed by atoms with Crippen molar-refractivity contribution in [2.75, 3.05) is 0 Å². The number of nitrogens with one attached hydrogen (secondary N) is 1. The van der Waals surface area contributed by atoms with Gasteiger partial charge in [0.05, 0.1) is 17.4 Å². The summed E-state index contributed by atoms with van der Waals surface area (Å²) in [7, 11) is 0. The SMILES string of the molecule is c1cc2c(cc1-c1nn[nH]n1)ncn2C1CCCCC1. The van der Waals surface area contributed by atoms with Crippen LogP contribution in [0.2, 0.25) is 0 Å². The van der Waals surface area contributed by atoms with Crippen molar-refractivity contribution in [3.63, 3.8) is 0 Å². The zero-order valence-corrected chi connectivity index (χ0v) is 11.2. The van der Waals surface area contributed by atoms with Gasteiger partial charge in [-0.2, -0.15) is 5.21 Å². The molecule has 102 valence electrons. The molecule has 1 saturated carbocycles. The summed E-state index contributed by atoms with van der Waals surface area (Å²) in [6.07, 6.45) is 8.51. The maximum Gasteiger partial charge on any atom is 0.204 e. The van der Waals surface area contributed by atoms with E-state index in [0.717, 1.165) is 11.1 Å². The van der Waals surface area contributed by atoms with E-state index in [1.807, 2.05) is 18.5 Å². The van der Waals surface area contributed by atoms with Crippen LogP contribution in [0.15, 0.2) is 24.5 Å². The minimum Gasteiger partial charge on any atom is -0.327 e. The number of hydrogen-bond acceptors (Lipinski definition) is 4. The monoisotopic (exact) mass is 268 g/mol.